The third-order valence-corrected chi connectivity index (χ3v) is 4.50. The second-order valence-corrected chi connectivity index (χ2v) is 6.37. The van der Waals surface area contributed by atoms with Crippen molar-refractivity contribution in [2.75, 3.05) is 34.0 Å². The first-order valence-electron chi connectivity index (χ1n) is 9.03. The van der Waals surface area contributed by atoms with E-state index in [1.807, 2.05) is 29.2 Å². The van der Waals surface area contributed by atoms with Gasteiger partial charge in [0.25, 0.3) is 5.89 Å². The van der Waals surface area contributed by atoms with Gasteiger partial charge in [-0.2, -0.15) is 4.98 Å². The minimum Gasteiger partial charge on any atom is -0.497 e. The Morgan fingerprint density at radius 3 is 3.04 bits per heavy atom. The molecule has 1 saturated heterocycles. The van der Waals surface area contributed by atoms with Crippen LogP contribution < -0.4 is 4.74 Å². The summed E-state index contributed by atoms with van der Waals surface area (Å²) in [6, 6.07) is 7.40. The van der Waals surface area contributed by atoms with Gasteiger partial charge < -0.3 is 23.6 Å². The molecule has 0 saturated carbocycles. The normalized spacial score (nSPS) is 16.7. The summed E-state index contributed by atoms with van der Waals surface area (Å²) in [7, 11) is 3.23. The molecule has 1 unspecified atom stereocenters. The molecule has 2 heterocycles. The fraction of sp³-hybridized carbons (Fsp3) is 0.526. The molecule has 1 aromatic heterocycles. The van der Waals surface area contributed by atoms with Gasteiger partial charge in [0.1, 0.15) is 12.4 Å². The zero-order chi connectivity index (χ0) is 19.1. The van der Waals surface area contributed by atoms with Crippen LogP contribution in [0.1, 0.15) is 36.2 Å². The summed E-state index contributed by atoms with van der Waals surface area (Å²) in [5.74, 6) is 1.74. The second-order valence-electron chi connectivity index (χ2n) is 6.37. The summed E-state index contributed by atoms with van der Waals surface area (Å²) >= 11 is 0. The molecule has 1 aliphatic heterocycles. The number of rotatable bonds is 9. The number of hydrogen-bond acceptors (Lipinski definition) is 7. The smallest absolute Gasteiger partial charge is 0.252 e. The van der Waals surface area contributed by atoms with E-state index in [4.69, 9.17) is 18.7 Å². The average molecular weight is 375 g/mol. The van der Waals surface area contributed by atoms with Gasteiger partial charge in [0, 0.05) is 13.7 Å². The molecule has 3 rings (SSSR count). The summed E-state index contributed by atoms with van der Waals surface area (Å²) in [4.78, 5) is 19.0. The van der Waals surface area contributed by atoms with Crippen LogP contribution in [0, 0.1) is 0 Å². The molecule has 2 aromatic rings. The Labute approximate surface area is 158 Å². The lowest BCUT2D eigenvalue weighted by molar-refractivity contribution is -0.131. The SMILES string of the molecule is COCCOCc1nc(C2CCCN2C(=O)Cc2cccc(OC)c2)no1. The molecule has 8 heteroatoms. The maximum atomic E-state index is 12.8. The van der Waals surface area contributed by atoms with Crippen molar-refractivity contribution in [1.82, 2.24) is 15.0 Å². The van der Waals surface area contributed by atoms with Crippen LogP contribution in [0.2, 0.25) is 0 Å². The van der Waals surface area contributed by atoms with E-state index in [0.29, 0.717) is 37.9 Å². The van der Waals surface area contributed by atoms with E-state index in [1.165, 1.54) is 0 Å². The van der Waals surface area contributed by atoms with Gasteiger partial charge in [-0.3, -0.25) is 4.79 Å². The van der Waals surface area contributed by atoms with Crippen LogP contribution in [0.4, 0.5) is 0 Å². The van der Waals surface area contributed by atoms with E-state index in [9.17, 15) is 4.79 Å². The summed E-state index contributed by atoms with van der Waals surface area (Å²) in [6.45, 7) is 1.90. The van der Waals surface area contributed by atoms with Crippen LogP contribution in [0.15, 0.2) is 28.8 Å². The van der Waals surface area contributed by atoms with E-state index in [1.54, 1.807) is 14.2 Å². The number of likely N-dealkylation sites (tertiary alicyclic amines) is 1. The zero-order valence-corrected chi connectivity index (χ0v) is 15.7. The van der Waals surface area contributed by atoms with Gasteiger partial charge in [0.15, 0.2) is 5.82 Å². The maximum Gasteiger partial charge on any atom is 0.252 e. The van der Waals surface area contributed by atoms with Crippen LogP contribution in [0.3, 0.4) is 0 Å². The van der Waals surface area contributed by atoms with Crippen molar-refractivity contribution >= 4 is 5.91 Å². The molecule has 0 N–H and O–H groups in total. The Bertz CT molecular complexity index is 748. The fourth-order valence-electron chi connectivity index (χ4n) is 3.16. The molecule has 0 spiro atoms. The monoisotopic (exact) mass is 375 g/mol. The largest absolute Gasteiger partial charge is 0.497 e. The maximum absolute atomic E-state index is 12.8. The number of ether oxygens (including phenoxy) is 3. The third kappa shape index (κ3) is 5.05. The topological polar surface area (TPSA) is 86.9 Å². The van der Waals surface area contributed by atoms with Gasteiger partial charge in [0.2, 0.25) is 5.91 Å². The Kier molecular flexibility index (Phi) is 6.78. The lowest BCUT2D eigenvalue weighted by Gasteiger charge is -2.22. The van der Waals surface area contributed by atoms with Crippen LogP contribution in [0.5, 0.6) is 5.75 Å². The minimum atomic E-state index is -0.153. The lowest BCUT2D eigenvalue weighted by Crippen LogP contribution is -2.32. The van der Waals surface area contributed by atoms with Gasteiger partial charge in [-0.1, -0.05) is 17.3 Å². The quantitative estimate of drug-likeness (QED) is 0.621. The second kappa shape index (κ2) is 9.48. The number of amides is 1. The van der Waals surface area contributed by atoms with Crippen LogP contribution in [-0.4, -0.2) is 54.9 Å². The molecule has 0 aliphatic carbocycles. The van der Waals surface area contributed by atoms with Gasteiger partial charge in [-0.25, -0.2) is 0 Å². The van der Waals surface area contributed by atoms with Crippen molar-refractivity contribution in [2.45, 2.75) is 31.9 Å². The number of methoxy groups -OCH3 is 2. The van der Waals surface area contributed by atoms with Crippen molar-refractivity contribution in [1.29, 1.82) is 0 Å². The number of aromatic nitrogens is 2. The third-order valence-electron chi connectivity index (χ3n) is 4.50. The van der Waals surface area contributed by atoms with E-state index in [-0.39, 0.29) is 18.6 Å². The predicted octanol–water partition coefficient (Wildman–Crippen LogP) is 2.15. The number of hydrogen-bond donors (Lipinski definition) is 0. The molecular formula is C19H25N3O5. The summed E-state index contributed by atoms with van der Waals surface area (Å²) in [5, 5.41) is 4.05. The molecular weight excluding hydrogens is 350 g/mol. The molecule has 0 radical (unpaired) electrons. The molecule has 8 nitrogen and oxygen atoms in total. The van der Waals surface area contributed by atoms with E-state index < -0.39 is 0 Å². The fourth-order valence-corrected chi connectivity index (χ4v) is 3.16. The number of benzene rings is 1. The molecule has 0 bridgehead atoms. The van der Waals surface area contributed by atoms with Crippen LogP contribution in [0.25, 0.3) is 0 Å². The molecule has 146 valence electrons. The average Bonchev–Trinajstić information content (AvgIpc) is 3.34. The summed E-state index contributed by atoms with van der Waals surface area (Å²) < 4.78 is 20.8. The molecule has 27 heavy (non-hydrogen) atoms. The first kappa shape index (κ1) is 19.3. The van der Waals surface area contributed by atoms with Crippen LogP contribution in [-0.2, 0) is 27.3 Å². The van der Waals surface area contributed by atoms with Crippen molar-refractivity contribution in [3.05, 3.63) is 41.5 Å². The number of nitrogens with zero attached hydrogens (tertiary/aromatic N) is 3. The van der Waals surface area contributed by atoms with Crippen molar-refractivity contribution in [3.8, 4) is 5.75 Å². The number of carbonyl (C=O) groups excluding carboxylic acids is 1. The summed E-state index contributed by atoms with van der Waals surface area (Å²) in [6.07, 6.45) is 2.06. The Morgan fingerprint density at radius 1 is 1.33 bits per heavy atom. The van der Waals surface area contributed by atoms with E-state index >= 15 is 0 Å². The zero-order valence-electron chi connectivity index (χ0n) is 15.7. The predicted molar refractivity (Wildman–Crippen MR) is 96.2 cm³/mol. The van der Waals surface area contributed by atoms with Crippen LogP contribution >= 0.6 is 0 Å². The first-order chi connectivity index (χ1) is 13.2. The van der Waals surface area contributed by atoms with Gasteiger partial charge >= 0.3 is 0 Å². The lowest BCUT2D eigenvalue weighted by atomic mass is 10.1. The molecule has 1 fully saturated rings. The molecule has 1 aromatic carbocycles. The highest BCUT2D eigenvalue weighted by atomic mass is 16.5. The highest BCUT2D eigenvalue weighted by Gasteiger charge is 2.33. The van der Waals surface area contributed by atoms with Gasteiger partial charge in [-0.05, 0) is 30.5 Å². The molecule has 1 amide bonds. The standard InChI is InChI=1S/C19H25N3O5/c1-24-9-10-26-13-17-20-19(21-27-17)16-7-4-8-22(16)18(23)12-14-5-3-6-15(11-14)25-2/h3,5-6,11,16H,4,7-10,12-13H2,1-2H3. The highest BCUT2D eigenvalue weighted by molar-refractivity contribution is 5.79. The van der Waals surface area contributed by atoms with E-state index in [0.717, 1.165) is 24.2 Å². The van der Waals surface area contributed by atoms with Crippen molar-refractivity contribution < 1.29 is 23.5 Å². The van der Waals surface area contributed by atoms with Gasteiger partial charge in [-0.15, -0.1) is 0 Å². The Balaban J connectivity index is 1.61. The summed E-state index contributed by atoms with van der Waals surface area (Å²) in [5.41, 5.74) is 0.922. The molecule has 1 aliphatic rings. The van der Waals surface area contributed by atoms with Gasteiger partial charge in [0.05, 0.1) is 32.8 Å². The van der Waals surface area contributed by atoms with Crippen molar-refractivity contribution in [2.24, 2.45) is 0 Å². The van der Waals surface area contributed by atoms with E-state index in [2.05, 4.69) is 10.1 Å². The highest BCUT2D eigenvalue weighted by Crippen LogP contribution is 2.31. The first-order valence-corrected chi connectivity index (χ1v) is 9.03. The molecule has 1 atom stereocenters. The Morgan fingerprint density at radius 2 is 2.22 bits per heavy atom. The van der Waals surface area contributed by atoms with Crippen molar-refractivity contribution in [3.63, 3.8) is 0 Å². The number of carbonyl (C=O) groups is 1. The Hall–Kier alpha value is -2.45. The minimum absolute atomic E-state index is 0.0495.